The van der Waals surface area contributed by atoms with Crippen LogP contribution in [-0.4, -0.2) is 5.78 Å². The average molecular weight is 303 g/mol. The third-order valence-corrected chi connectivity index (χ3v) is 2.12. The number of aryl methyl sites for hydroxylation is 1. The molecule has 0 N–H and O–H groups in total. The van der Waals surface area contributed by atoms with Crippen molar-refractivity contribution in [2.24, 2.45) is 0 Å². The van der Waals surface area contributed by atoms with E-state index in [9.17, 15) is 4.79 Å². The van der Waals surface area contributed by atoms with Crippen LogP contribution in [0.15, 0.2) is 60.7 Å². The number of carbonyl (C=O) groups excluding carboxylic acids is 1. The van der Waals surface area contributed by atoms with Crippen LogP contribution in [-0.2, 0) is 0 Å². The van der Waals surface area contributed by atoms with Crippen LogP contribution in [0.25, 0.3) is 0 Å². The van der Waals surface area contributed by atoms with E-state index in [0.29, 0.717) is 0 Å². The largest absolute Gasteiger partial charge is 0.295 e. The number of hydrogen-bond acceptors (Lipinski definition) is 1. The van der Waals surface area contributed by atoms with Crippen LogP contribution in [0.1, 0.15) is 64.4 Å². The number of rotatable bonds is 1. The van der Waals surface area contributed by atoms with Crippen LogP contribution in [0.4, 0.5) is 0 Å². The summed E-state index contributed by atoms with van der Waals surface area (Å²) in [6.07, 6.45) is 0. The van der Waals surface area contributed by atoms with Crippen molar-refractivity contribution >= 4 is 5.78 Å². The maximum atomic E-state index is 10.6. The molecule has 1 nitrogen and oxygen atoms in total. The Hall–Kier alpha value is -1.89. The molecule has 0 radical (unpaired) electrons. The molecule has 22 heavy (non-hydrogen) atoms. The van der Waals surface area contributed by atoms with Gasteiger partial charge in [-0.15, -0.1) is 0 Å². The molecule has 2 aromatic carbocycles. The standard InChI is InChI=1S/C8H8O.C7H8.3C2H6/c1-7(9)8-5-3-2-4-6-8;1-7-5-3-2-4-6-7;3*1-2/h2-6H,1H3;2-6H,1H3;3*1-2H3. The molecule has 2 rings (SSSR count). The van der Waals surface area contributed by atoms with Crippen LogP contribution < -0.4 is 0 Å². The van der Waals surface area contributed by atoms with Gasteiger partial charge in [0.15, 0.2) is 5.78 Å². The molecule has 0 bridgehead atoms. The van der Waals surface area contributed by atoms with Crippen LogP contribution in [0.2, 0.25) is 0 Å². The second kappa shape index (κ2) is 21.4. The van der Waals surface area contributed by atoms with Gasteiger partial charge in [0.05, 0.1) is 0 Å². The first-order valence-electron chi connectivity index (χ1n) is 8.28. The molecule has 1 heteroatoms. The van der Waals surface area contributed by atoms with Gasteiger partial charge in [-0.1, -0.05) is 108 Å². The van der Waals surface area contributed by atoms with E-state index in [0.717, 1.165) is 5.56 Å². The van der Waals surface area contributed by atoms with Crippen molar-refractivity contribution in [2.75, 3.05) is 0 Å². The summed E-state index contributed by atoms with van der Waals surface area (Å²) in [5.74, 6) is 0.121. The van der Waals surface area contributed by atoms with Gasteiger partial charge in [-0.3, -0.25) is 4.79 Å². The quantitative estimate of drug-likeness (QED) is 0.520. The third kappa shape index (κ3) is 16.2. The molecule has 0 saturated heterocycles. The molecule has 0 spiro atoms. The SMILES string of the molecule is CC.CC.CC.CC(=O)c1ccccc1.Cc1ccccc1. The molecule has 0 atom stereocenters. The van der Waals surface area contributed by atoms with Crippen molar-refractivity contribution in [2.45, 2.75) is 55.4 Å². The molecule has 0 aliphatic rings. The van der Waals surface area contributed by atoms with E-state index in [1.54, 1.807) is 6.92 Å². The average Bonchev–Trinajstić information content (AvgIpc) is 2.62. The molecule has 0 aliphatic carbocycles. The van der Waals surface area contributed by atoms with Crippen LogP contribution >= 0.6 is 0 Å². The summed E-state index contributed by atoms with van der Waals surface area (Å²) in [5, 5.41) is 0. The van der Waals surface area contributed by atoms with Gasteiger partial charge in [0.2, 0.25) is 0 Å². The van der Waals surface area contributed by atoms with E-state index < -0.39 is 0 Å². The van der Waals surface area contributed by atoms with Crippen molar-refractivity contribution in [3.63, 3.8) is 0 Å². The van der Waals surface area contributed by atoms with Crippen molar-refractivity contribution in [1.82, 2.24) is 0 Å². The Morgan fingerprint density at radius 1 is 0.636 bits per heavy atom. The van der Waals surface area contributed by atoms with Gasteiger partial charge in [0.25, 0.3) is 0 Å². The van der Waals surface area contributed by atoms with Crippen molar-refractivity contribution in [3.8, 4) is 0 Å². The summed E-state index contributed by atoms with van der Waals surface area (Å²) in [5.41, 5.74) is 2.10. The summed E-state index contributed by atoms with van der Waals surface area (Å²) in [6, 6.07) is 19.5. The van der Waals surface area contributed by atoms with E-state index in [4.69, 9.17) is 0 Å². The van der Waals surface area contributed by atoms with Gasteiger partial charge < -0.3 is 0 Å². The van der Waals surface area contributed by atoms with Gasteiger partial charge in [0, 0.05) is 5.56 Å². The number of hydrogen-bond donors (Lipinski definition) is 0. The third-order valence-electron chi connectivity index (χ3n) is 2.12. The first kappa shape index (κ1) is 25.1. The Morgan fingerprint density at radius 3 is 1.14 bits per heavy atom. The fourth-order valence-electron chi connectivity index (χ4n) is 1.21. The fourth-order valence-corrected chi connectivity index (χ4v) is 1.21. The maximum Gasteiger partial charge on any atom is 0.159 e. The lowest BCUT2D eigenvalue weighted by Gasteiger charge is -1.89. The number of Topliss-reactive ketones (excluding diaryl/α,β-unsaturated/α-hetero) is 1. The minimum absolute atomic E-state index is 0.121. The number of carbonyl (C=O) groups is 1. The lowest BCUT2D eigenvalue weighted by Crippen LogP contribution is -1.88. The summed E-state index contributed by atoms with van der Waals surface area (Å²) in [7, 11) is 0. The van der Waals surface area contributed by atoms with Crippen molar-refractivity contribution in [1.29, 1.82) is 0 Å². The Balaban J connectivity index is -0.000000249. The van der Waals surface area contributed by atoms with E-state index in [-0.39, 0.29) is 5.78 Å². The second-order valence-electron chi connectivity index (χ2n) is 3.58. The summed E-state index contributed by atoms with van der Waals surface area (Å²) < 4.78 is 0. The second-order valence-corrected chi connectivity index (χ2v) is 3.58. The Bertz CT molecular complexity index is 418. The monoisotopic (exact) mass is 302 g/mol. The lowest BCUT2D eigenvalue weighted by molar-refractivity contribution is 0.101. The zero-order chi connectivity index (χ0) is 17.8. The molecule has 0 fully saturated rings. The molecule has 124 valence electrons. The van der Waals surface area contributed by atoms with Crippen LogP contribution in [0.3, 0.4) is 0 Å². The van der Waals surface area contributed by atoms with Gasteiger partial charge in [-0.05, 0) is 13.8 Å². The van der Waals surface area contributed by atoms with Gasteiger partial charge in [0.1, 0.15) is 0 Å². The Labute approximate surface area is 138 Å². The Kier molecular flexibility index (Phi) is 24.4. The number of benzene rings is 2. The van der Waals surface area contributed by atoms with Crippen molar-refractivity contribution < 1.29 is 4.79 Å². The highest BCUT2D eigenvalue weighted by atomic mass is 16.1. The Morgan fingerprint density at radius 2 is 0.955 bits per heavy atom. The highest BCUT2D eigenvalue weighted by Crippen LogP contribution is 1.97. The maximum absolute atomic E-state index is 10.6. The molecule has 0 amide bonds. The highest BCUT2D eigenvalue weighted by molar-refractivity contribution is 5.93. The zero-order valence-corrected chi connectivity index (χ0v) is 15.7. The molecule has 0 aromatic heterocycles. The van der Waals surface area contributed by atoms with E-state index in [2.05, 4.69) is 19.1 Å². The van der Waals surface area contributed by atoms with E-state index in [1.807, 2.05) is 90.1 Å². The molecule has 0 heterocycles. The normalized spacial score (nSPS) is 7.27. The summed E-state index contributed by atoms with van der Waals surface area (Å²) >= 11 is 0. The summed E-state index contributed by atoms with van der Waals surface area (Å²) in [4.78, 5) is 10.6. The van der Waals surface area contributed by atoms with Gasteiger partial charge in [-0.2, -0.15) is 0 Å². The molecule has 0 aliphatic heterocycles. The highest BCUT2D eigenvalue weighted by Gasteiger charge is 1.92. The molecular weight excluding hydrogens is 268 g/mol. The van der Waals surface area contributed by atoms with Crippen molar-refractivity contribution in [3.05, 3.63) is 71.8 Å². The number of ketones is 1. The predicted octanol–water partition coefficient (Wildman–Crippen LogP) is 6.96. The van der Waals surface area contributed by atoms with E-state index >= 15 is 0 Å². The molecule has 0 saturated carbocycles. The minimum atomic E-state index is 0.121. The zero-order valence-electron chi connectivity index (χ0n) is 15.7. The molecule has 2 aromatic rings. The van der Waals surface area contributed by atoms with Gasteiger partial charge in [-0.25, -0.2) is 0 Å². The first-order chi connectivity index (χ1) is 10.7. The summed E-state index contributed by atoms with van der Waals surface area (Å²) in [6.45, 7) is 15.6. The smallest absolute Gasteiger partial charge is 0.159 e. The first-order valence-corrected chi connectivity index (χ1v) is 8.28. The lowest BCUT2D eigenvalue weighted by atomic mass is 10.2. The van der Waals surface area contributed by atoms with Gasteiger partial charge >= 0.3 is 0 Å². The minimum Gasteiger partial charge on any atom is -0.295 e. The predicted molar refractivity (Wildman–Crippen MR) is 102 cm³/mol. The molecule has 0 unspecified atom stereocenters. The van der Waals surface area contributed by atoms with Crippen LogP contribution in [0, 0.1) is 6.92 Å². The van der Waals surface area contributed by atoms with Crippen LogP contribution in [0.5, 0.6) is 0 Å². The molecular formula is C21H34O. The topological polar surface area (TPSA) is 17.1 Å². The fraction of sp³-hybridized carbons (Fsp3) is 0.381. The van der Waals surface area contributed by atoms with E-state index in [1.165, 1.54) is 5.56 Å².